The highest BCUT2D eigenvalue weighted by Crippen LogP contribution is 2.22. The number of benzene rings is 1. The normalized spacial score (nSPS) is 12.0. The lowest BCUT2D eigenvalue weighted by molar-refractivity contribution is -0.144. The molecule has 1 rings (SSSR count). The van der Waals surface area contributed by atoms with E-state index in [-0.39, 0.29) is 6.61 Å². The molecule has 1 aromatic carbocycles. The van der Waals surface area contributed by atoms with E-state index in [2.05, 4.69) is 0 Å². The fourth-order valence-electron chi connectivity index (χ4n) is 1.34. The van der Waals surface area contributed by atoms with Gasteiger partial charge in [-0.05, 0) is 30.7 Å². The first-order chi connectivity index (χ1) is 8.04. The van der Waals surface area contributed by atoms with E-state index in [4.69, 9.17) is 26.8 Å². The van der Waals surface area contributed by atoms with Gasteiger partial charge in [-0.2, -0.15) is 0 Å². The second kappa shape index (κ2) is 6.47. The molecule has 0 radical (unpaired) electrons. The van der Waals surface area contributed by atoms with Crippen molar-refractivity contribution in [3.05, 3.63) is 28.8 Å². The number of methoxy groups -OCH3 is 1. The predicted molar refractivity (Wildman–Crippen MR) is 66.3 cm³/mol. The Morgan fingerprint density at radius 2 is 2.24 bits per heavy atom. The minimum Gasteiger partial charge on any atom is -0.496 e. The number of carbonyl (C=O) groups is 1. The van der Waals surface area contributed by atoms with Crippen LogP contribution in [0.15, 0.2) is 18.2 Å². The van der Waals surface area contributed by atoms with Crippen molar-refractivity contribution in [3.63, 3.8) is 0 Å². The van der Waals surface area contributed by atoms with Gasteiger partial charge in [-0.15, -0.1) is 0 Å². The summed E-state index contributed by atoms with van der Waals surface area (Å²) < 4.78 is 10.2. The van der Waals surface area contributed by atoms with E-state index in [0.717, 1.165) is 11.3 Å². The van der Waals surface area contributed by atoms with Crippen LogP contribution in [0.1, 0.15) is 12.5 Å². The molecule has 17 heavy (non-hydrogen) atoms. The molecule has 0 heterocycles. The summed E-state index contributed by atoms with van der Waals surface area (Å²) in [7, 11) is 1.58. The standard InChI is InChI=1S/C12H16ClNO3/c1-8(14)12(15)17-6-5-9-7-10(13)3-4-11(9)16-2/h3-4,7-8H,5-6,14H2,1-2H3. The van der Waals surface area contributed by atoms with Crippen LogP contribution in [0.4, 0.5) is 0 Å². The molecular weight excluding hydrogens is 242 g/mol. The molecule has 2 N–H and O–H groups in total. The van der Waals surface area contributed by atoms with Crippen LogP contribution in [0.3, 0.4) is 0 Å². The third kappa shape index (κ3) is 4.24. The topological polar surface area (TPSA) is 61.5 Å². The number of ether oxygens (including phenoxy) is 2. The maximum absolute atomic E-state index is 11.1. The molecule has 0 bridgehead atoms. The second-order valence-corrected chi connectivity index (χ2v) is 4.10. The molecule has 0 saturated carbocycles. The highest BCUT2D eigenvalue weighted by molar-refractivity contribution is 6.30. The van der Waals surface area contributed by atoms with Crippen LogP contribution in [-0.2, 0) is 16.0 Å². The zero-order valence-electron chi connectivity index (χ0n) is 9.90. The van der Waals surface area contributed by atoms with Crippen LogP contribution in [0.2, 0.25) is 5.02 Å². The molecule has 0 fully saturated rings. The Labute approximate surface area is 106 Å². The molecule has 1 aromatic rings. The van der Waals surface area contributed by atoms with Gasteiger partial charge < -0.3 is 15.2 Å². The van der Waals surface area contributed by atoms with Gasteiger partial charge in [0.25, 0.3) is 0 Å². The molecule has 0 aliphatic carbocycles. The SMILES string of the molecule is COc1ccc(Cl)cc1CCOC(=O)C(C)N. The van der Waals surface area contributed by atoms with Gasteiger partial charge in [-0.1, -0.05) is 11.6 Å². The Morgan fingerprint density at radius 1 is 1.53 bits per heavy atom. The van der Waals surface area contributed by atoms with Crippen LogP contribution < -0.4 is 10.5 Å². The van der Waals surface area contributed by atoms with Crippen LogP contribution in [0, 0.1) is 0 Å². The Bertz CT molecular complexity index is 393. The summed E-state index contributed by atoms with van der Waals surface area (Å²) in [5, 5.41) is 0.624. The molecule has 1 atom stereocenters. The highest BCUT2D eigenvalue weighted by atomic mass is 35.5. The van der Waals surface area contributed by atoms with Crippen molar-refractivity contribution >= 4 is 17.6 Å². The Balaban J connectivity index is 2.56. The third-order valence-corrected chi connectivity index (χ3v) is 2.47. The average Bonchev–Trinajstić information content (AvgIpc) is 2.29. The molecule has 94 valence electrons. The number of esters is 1. The fraction of sp³-hybridized carbons (Fsp3) is 0.417. The third-order valence-electron chi connectivity index (χ3n) is 2.23. The monoisotopic (exact) mass is 257 g/mol. The maximum Gasteiger partial charge on any atom is 0.322 e. The Kier molecular flexibility index (Phi) is 5.25. The Hall–Kier alpha value is -1.26. The van der Waals surface area contributed by atoms with E-state index < -0.39 is 12.0 Å². The summed E-state index contributed by atoms with van der Waals surface area (Å²) in [5.41, 5.74) is 6.28. The van der Waals surface area contributed by atoms with Gasteiger partial charge in [0, 0.05) is 11.4 Å². The first-order valence-corrected chi connectivity index (χ1v) is 5.67. The Morgan fingerprint density at radius 3 is 2.82 bits per heavy atom. The molecule has 0 amide bonds. The van der Waals surface area contributed by atoms with Gasteiger partial charge in [0.2, 0.25) is 0 Å². The molecule has 0 aliphatic rings. The van der Waals surface area contributed by atoms with Gasteiger partial charge in [0.05, 0.1) is 13.7 Å². The minimum absolute atomic E-state index is 0.261. The molecule has 4 nitrogen and oxygen atoms in total. The number of carbonyl (C=O) groups excluding carboxylic acids is 1. The molecule has 0 saturated heterocycles. The van der Waals surface area contributed by atoms with Gasteiger partial charge in [0.1, 0.15) is 11.8 Å². The first-order valence-electron chi connectivity index (χ1n) is 5.29. The van der Waals surface area contributed by atoms with Crippen molar-refractivity contribution in [3.8, 4) is 5.75 Å². The van der Waals surface area contributed by atoms with E-state index in [1.54, 1.807) is 32.2 Å². The zero-order valence-corrected chi connectivity index (χ0v) is 10.7. The number of hydrogen-bond donors (Lipinski definition) is 1. The number of halogens is 1. The predicted octanol–water partition coefficient (Wildman–Crippen LogP) is 1.78. The van der Waals surface area contributed by atoms with Gasteiger partial charge in [0.15, 0.2) is 0 Å². The van der Waals surface area contributed by atoms with Crippen LogP contribution in [0.5, 0.6) is 5.75 Å². The number of hydrogen-bond acceptors (Lipinski definition) is 4. The van der Waals surface area contributed by atoms with Crippen LogP contribution in [0.25, 0.3) is 0 Å². The summed E-state index contributed by atoms with van der Waals surface area (Å²) in [6.07, 6.45) is 0.544. The van der Waals surface area contributed by atoms with Crippen LogP contribution >= 0.6 is 11.6 Å². The van der Waals surface area contributed by atoms with E-state index in [1.165, 1.54) is 0 Å². The van der Waals surface area contributed by atoms with Crippen molar-refractivity contribution in [1.82, 2.24) is 0 Å². The van der Waals surface area contributed by atoms with Crippen molar-refractivity contribution in [2.75, 3.05) is 13.7 Å². The molecule has 0 aromatic heterocycles. The number of nitrogens with two attached hydrogens (primary N) is 1. The van der Waals surface area contributed by atoms with E-state index in [1.807, 2.05) is 0 Å². The lowest BCUT2D eigenvalue weighted by atomic mass is 10.1. The van der Waals surface area contributed by atoms with E-state index >= 15 is 0 Å². The zero-order chi connectivity index (χ0) is 12.8. The summed E-state index contributed by atoms with van der Waals surface area (Å²) in [6.45, 7) is 1.85. The highest BCUT2D eigenvalue weighted by Gasteiger charge is 2.09. The largest absolute Gasteiger partial charge is 0.496 e. The van der Waals surface area contributed by atoms with E-state index in [0.29, 0.717) is 11.4 Å². The maximum atomic E-state index is 11.1. The molecule has 5 heteroatoms. The summed E-state index contributed by atoms with van der Waals surface area (Å²) in [5.74, 6) is 0.317. The van der Waals surface area contributed by atoms with Crippen molar-refractivity contribution in [2.24, 2.45) is 5.73 Å². The van der Waals surface area contributed by atoms with Crippen molar-refractivity contribution in [1.29, 1.82) is 0 Å². The quantitative estimate of drug-likeness (QED) is 0.817. The average molecular weight is 258 g/mol. The smallest absolute Gasteiger partial charge is 0.322 e. The summed E-state index contributed by atoms with van der Waals surface area (Å²) >= 11 is 5.88. The molecule has 1 unspecified atom stereocenters. The van der Waals surface area contributed by atoms with Crippen molar-refractivity contribution in [2.45, 2.75) is 19.4 Å². The summed E-state index contributed by atoms with van der Waals surface area (Å²) in [6, 6.07) is 4.72. The first kappa shape index (κ1) is 13.8. The molecule has 0 aliphatic heterocycles. The van der Waals surface area contributed by atoms with Gasteiger partial charge in [-0.3, -0.25) is 4.79 Å². The lowest BCUT2D eigenvalue weighted by Crippen LogP contribution is -2.29. The summed E-state index contributed by atoms with van der Waals surface area (Å²) in [4.78, 5) is 11.1. The number of rotatable bonds is 5. The molecular formula is C12H16ClNO3. The molecule has 0 spiro atoms. The second-order valence-electron chi connectivity index (χ2n) is 3.66. The minimum atomic E-state index is -0.601. The fourth-order valence-corrected chi connectivity index (χ4v) is 1.53. The lowest BCUT2D eigenvalue weighted by Gasteiger charge is -2.10. The van der Waals surface area contributed by atoms with E-state index in [9.17, 15) is 4.79 Å². The van der Waals surface area contributed by atoms with Gasteiger partial charge >= 0.3 is 5.97 Å². The van der Waals surface area contributed by atoms with Crippen LogP contribution in [-0.4, -0.2) is 25.7 Å². The van der Waals surface area contributed by atoms with Crippen molar-refractivity contribution < 1.29 is 14.3 Å². The van der Waals surface area contributed by atoms with Gasteiger partial charge in [-0.25, -0.2) is 0 Å².